The van der Waals surface area contributed by atoms with Crippen LogP contribution in [-0.2, 0) is 13.1 Å². The Balaban J connectivity index is 1.35. The van der Waals surface area contributed by atoms with Gasteiger partial charge in [0, 0.05) is 36.9 Å². The lowest BCUT2D eigenvalue weighted by molar-refractivity contribution is 0.246. The SMILES string of the molecule is Cc1nc(CN2CCCN(Cc3ccc4cn[nH]c4c3)CC2)cs1. The van der Waals surface area contributed by atoms with Crippen LogP contribution >= 0.6 is 11.3 Å². The van der Waals surface area contributed by atoms with Crippen LogP contribution in [0.2, 0.25) is 0 Å². The van der Waals surface area contributed by atoms with Crippen molar-refractivity contribution in [1.29, 1.82) is 0 Å². The van der Waals surface area contributed by atoms with Crippen molar-refractivity contribution in [2.24, 2.45) is 0 Å². The fourth-order valence-corrected chi connectivity index (χ4v) is 4.00. The van der Waals surface area contributed by atoms with E-state index in [1.54, 1.807) is 11.3 Å². The smallest absolute Gasteiger partial charge is 0.0897 e. The van der Waals surface area contributed by atoms with Gasteiger partial charge < -0.3 is 0 Å². The van der Waals surface area contributed by atoms with Crippen LogP contribution in [-0.4, -0.2) is 51.2 Å². The predicted molar refractivity (Wildman–Crippen MR) is 98.1 cm³/mol. The Morgan fingerprint density at radius 3 is 2.75 bits per heavy atom. The third kappa shape index (κ3) is 3.66. The van der Waals surface area contributed by atoms with Gasteiger partial charge in [-0.05, 0) is 38.1 Å². The minimum absolute atomic E-state index is 0.984. The van der Waals surface area contributed by atoms with Crippen LogP contribution in [0, 0.1) is 6.92 Å². The van der Waals surface area contributed by atoms with E-state index in [4.69, 9.17) is 0 Å². The monoisotopic (exact) mass is 341 g/mol. The highest BCUT2D eigenvalue weighted by Crippen LogP contribution is 2.16. The molecule has 0 atom stereocenters. The maximum atomic E-state index is 4.60. The molecule has 0 radical (unpaired) electrons. The molecule has 126 valence electrons. The van der Waals surface area contributed by atoms with E-state index in [0.717, 1.165) is 49.8 Å². The van der Waals surface area contributed by atoms with E-state index < -0.39 is 0 Å². The molecule has 1 aliphatic rings. The number of hydrogen-bond acceptors (Lipinski definition) is 5. The van der Waals surface area contributed by atoms with Crippen molar-refractivity contribution in [3.63, 3.8) is 0 Å². The molecule has 1 aliphatic heterocycles. The van der Waals surface area contributed by atoms with Crippen molar-refractivity contribution >= 4 is 22.2 Å². The summed E-state index contributed by atoms with van der Waals surface area (Å²) >= 11 is 1.75. The van der Waals surface area contributed by atoms with Crippen LogP contribution in [0.5, 0.6) is 0 Å². The van der Waals surface area contributed by atoms with E-state index in [2.05, 4.69) is 55.5 Å². The molecule has 1 aromatic carbocycles. The summed E-state index contributed by atoms with van der Waals surface area (Å²) in [4.78, 5) is 9.69. The number of hydrogen-bond donors (Lipinski definition) is 1. The van der Waals surface area contributed by atoms with Gasteiger partial charge in [0.25, 0.3) is 0 Å². The largest absolute Gasteiger partial charge is 0.298 e. The zero-order valence-electron chi connectivity index (χ0n) is 14.0. The van der Waals surface area contributed by atoms with Gasteiger partial charge in [0.1, 0.15) is 0 Å². The molecule has 0 amide bonds. The van der Waals surface area contributed by atoms with E-state index in [9.17, 15) is 0 Å². The predicted octanol–water partition coefficient (Wildman–Crippen LogP) is 3.04. The number of aryl methyl sites for hydroxylation is 1. The van der Waals surface area contributed by atoms with E-state index in [-0.39, 0.29) is 0 Å². The molecule has 1 fully saturated rings. The van der Waals surface area contributed by atoms with Gasteiger partial charge in [0.05, 0.1) is 22.4 Å². The first kappa shape index (κ1) is 15.7. The fourth-order valence-electron chi connectivity index (χ4n) is 3.39. The number of thiazole rings is 1. The van der Waals surface area contributed by atoms with Crippen molar-refractivity contribution in [1.82, 2.24) is 25.0 Å². The second-order valence-corrected chi connectivity index (χ2v) is 7.62. The summed E-state index contributed by atoms with van der Waals surface area (Å²) in [6.45, 7) is 8.62. The first-order chi connectivity index (χ1) is 11.8. The van der Waals surface area contributed by atoms with Crippen molar-refractivity contribution in [2.45, 2.75) is 26.4 Å². The van der Waals surface area contributed by atoms with Gasteiger partial charge in [-0.15, -0.1) is 11.3 Å². The molecule has 5 nitrogen and oxygen atoms in total. The molecular formula is C18H23N5S. The Morgan fingerprint density at radius 2 is 1.96 bits per heavy atom. The number of fused-ring (bicyclic) bond motifs is 1. The Kier molecular flexibility index (Phi) is 4.60. The average molecular weight is 341 g/mol. The Hall–Kier alpha value is -1.76. The van der Waals surface area contributed by atoms with Gasteiger partial charge in [-0.3, -0.25) is 14.9 Å². The highest BCUT2D eigenvalue weighted by atomic mass is 32.1. The maximum absolute atomic E-state index is 4.60. The van der Waals surface area contributed by atoms with Crippen LogP contribution in [0.15, 0.2) is 29.8 Å². The van der Waals surface area contributed by atoms with E-state index in [1.807, 2.05) is 6.20 Å². The average Bonchev–Trinajstić information content (AvgIpc) is 3.14. The summed E-state index contributed by atoms with van der Waals surface area (Å²) in [7, 11) is 0. The minimum Gasteiger partial charge on any atom is -0.298 e. The molecule has 6 heteroatoms. The van der Waals surface area contributed by atoms with Crippen LogP contribution in [0.3, 0.4) is 0 Å². The standard InChI is InChI=1S/C18H23N5S/c1-14-20-17(13-24-14)12-23-6-2-5-22(7-8-23)11-15-3-4-16-10-19-21-18(16)9-15/h3-4,9-10,13H,2,5-8,11-12H2,1H3,(H,19,21). The summed E-state index contributed by atoms with van der Waals surface area (Å²) in [6, 6.07) is 6.60. The Labute approximate surface area is 146 Å². The zero-order valence-corrected chi connectivity index (χ0v) is 14.9. The normalized spacial score (nSPS) is 17.4. The number of aromatic amines is 1. The van der Waals surface area contributed by atoms with Crippen molar-refractivity contribution in [3.05, 3.63) is 46.0 Å². The number of rotatable bonds is 4. The van der Waals surface area contributed by atoms with Crippen LogP contribution in [0.1, 0.15) is 22.7 Å². The summed E-state index contributed by atoms with van der Waals surface area (Å²) in [6.07, 6.45) is 3.10. The zero-order chi connectivity index (χ0) is 16.4. The lowest BCUT2D eigenvalue weighted by Crippen LogP contribution is -2.30. The Bertz CT molecular complexity index is 808. The van der Waals surface area contributed by atoms with Gasteiger partial charge >= 0.3 is 0 Å². The summed E-state index contributed by atoms with van der Waals surface area (Å²) < 4.78 is 0. The molecule has 0 unspecified atom stereocenters. The number of aromatic nitrogens is 3. The van der Waals surface area contributed by atoms with E-state index >= 15 is 0 Å². The van der Waals surface area contributed by atoms with Crippen LogP contribution in [0.25, 0.3) is 10.9 Å². The summed E-state index contributed by atoms with van der Waals surface area (Å²) in [5.74, 6) is 0. The first-order valence-corrected chi connectivity index (χ1v) is 9.42. The third-order valence-electron chi connectivity index (χ3n) is 4.65. The summed E-state index contributed by atoms with van der Waals surface area (Å²) in [5, 5.41) is 11.7. The van der Waals surface area contributed by atoms with Crippen LogP contribution < -0.4 is 0 Å². The molecule has 4 rings (SSSR count). The van der Waals surface area contributed by atoms with Gasteiger partial charge in [0.15, 0.2) is 0 Å². The Morgan fingerprint density at radius 1 is 1.12 bits per heavy atom. The minimum atomic E-state index is 0.984. The molecule has 3 heterocycles. The molecule has 24 heavy (non-hydrogen) atoms. The van der Waals surface area contributed by atoms with Crippen molar-refractivity contribution in [3.8, 4) is 0 Å². The van der Waals surface area contributed by atoms with E-state index in [0.29, 0.717) is 0 Å². The topological polar surface area (TPSA) is 48.1 Å². The molecule has 1 saturated heterocycles. The molecular weight excluding hydrogens is 318 g/mol. The molecule has 1 N–H and O–H groups in total. The highest BCUT2D eigenvalue weighted by molar-refractivity contribution is 7.09. The molecule has 0 saturated carbocycles. The number of nitrogens with zero attached hydrogens (tertiary/aromatic N) is 4. The number of benzene rings is 1. The third-order valence-corrected chi connectivity index (χ3v) is 5.47. The van der Waals surface area contributed by atoms with Crippen LogP contribution in [0.4, 0.5) is 0 Å². The second-order valence-electron chi connectivity index (χ2n) is 6.56. The molecule has 0 spiro atoms. The fraction of sp³-hybridized carbons (Fsp3) is 0.444. The summed E-state index contributed by atoms with van der Waals surface area (Å²) in [5.41, 5.74) is 3.70. The molecule has 0 aliphatic carbocycles. The quantitative estimate of drug-likeness (QED) is 0.792. The van der Waals surface area contributed by atoms with Crippen molar-refractivity contribution < 1.29 is 0 Å². The highest BCUT2D eigenvalue weighted by Gasteiger charge is 2.16. The molecule has 3 aromatic rings. The first-order valence-electron chi connectivity index (χ1n) is 8.54. The number of H-pyrrole nitrogens is 1. The maximum Gasteiger partial charge on any atom is 0.0897 e. The molecule has 0 bridgehead atoms. The lowest BCUT2D eigenvalue weighted by Gasteiger charge is -2.21. The van der Waals surface area contributed by atoms with Crippen molar-refractivity contribution in [2.75, 3.05) is 26.2 Å². The molecule has 2 aromatic heterocycles. The second kappa shape index (κ2) is 7.01. The number of nitrogens with one attached hydrogen (secondary N) is 1. The van der Waals surface area contributed by atoms with Gasteiger partial charge in [0.2, 0.25) is 0 Å². The van der Waals surface area contributed by atoms with Gasteiger partial charge in [-0.2, -0.15) is 5.10 Å². The van der Waals surface area contributed by atoms with E-state index in [1.165, 1.54) is 23.1 Å². The van der Waals surface area contributed by atoms with Gasteiger partial charge in [-0.1, -0.05) is 12.1 Å². The van der Waals surface area contributed by atoms with Gasteiger partial charge in [-0.25, -0.2) is 4.98 Å². The lowest BCUT2D eigenvalue weighted by atomic mass is 10.1.